The van der Waals surface area contributed by atoms with Gasteiger partial charge in [-0.3, -0.25) is 13.9 Å². The first-order valence-electron chi connectivity index (χ1n) is 11.3. The Kier molecular flexibility index (Phi) is 10.1. The van der Waals surface area contributed by atoms with Crippen LogP contribution in [0.25, 0.3) is 0 Å². The fraction of sp³-hybridized carbons (Fsp3) is 0.192. The normalized spacial score (nSPS) is 12.1. The number of anilines is 1. The maximum Gasteiger partial charge on any atom is 0.260 e. The summed E-state index contributed by atoms with van der Waals surface area (Å²) >= 11 is 11.9. The highest BCUT2D eigenvalue weighted by Gasteiger charge is 2.21. The van der Waals surface area contributed by atoms with Gasteiger partial charge in [0, 0.05) is 0 Å². The van der Waals surface area contributed by atoms with Crippen LogP contribution in [0.4, 0.5) is 5.69 Å². The number of nitrogens with zero attached hydrogens (tertiary/aromatic N) is 2. The number of carbonyl (C=O) groups is 2. The molecule has 0 aliphatic heterocycles. The van der Waals surface area contributed by atoms with E-state index in [0.717, 1.165) is 16.1 Å². The Bertz CT molecular complexity index is 1400. The van der Waals surface area contributed by atoms with Gasteiger partial charge in [-0.1, -0.05) is 53.5 Å². The molecule has 38 heavy (non-hydrogen) atoms. The van der Waals surface area contributed by atoms with Crippen molar-refractivity contribution in [3.05, 3.63) is 94.0 Å². The monoisotopic (exact) mass is 576 g/mol. The number of hydrogen-bond acceptors (Lipinski definition) is 6. The Balaban J connectivity index is 1.49. The lowest BCUT2D eigenvalue weighted by Crippen LogP contribution is -2.39. The molecule has 0 fully saturated rings. The molecule has 0 radical (unpaired) electrons. The molecule has 3 aromatic rings. The lowest BCUT2D eigenvalue weighted by Gasteiger charge is -2.21. The molecule has 3 rings (SSSR count). The summed E-state index contributed by atoms with van der Waals surface area (Å²) in [7, 11) is -3.78. The molecule has 9 nitrogen and oxygen atoms in total. The Morgan fingerprint density at radius 2 is 1.68 bits per heavy atom. The Hall–Kier alpha value is -3.60. The number of halogens is 2. The zero-order valence-electron chi connectivity index (χ0n) is 20.6. The third-order valence-electron chi connectivity index (χ3n) is 5.21. The summed E-state index contributed by atoms with van der Waals surface area (Å²) in [5, 5.41) is 7.16. The third kappa shape index (κ3) is 8.76. The van der Waals surface area contributed by atoms with E-state index in [1.807, 2.05) is 37.3 Å². The molecule has 0 spiro atoms. The van der Waals surface area contributed by atoms with Gasteiger partial charge >= 0.3 is 0 Å². The lowest BCUT2D eigenvalue weighted by molar-refractivity contribution is -0.123. The molecule has 12 heteroatoms. The number of sulfonamides is 1. The van der Waals surface area contributed by atoms with Gasteiger partial charge in [-0.2, -0.15) is 5.10 Å². The third-order valence-corrected chi connectivity index (χ3v) is 7.09. The van der Waals surface area contributed by atoms with E-state index in [4.69, 9.17) is 27.9 Å². The molecule has 0 saturated carbocycles. The molecular weight excluding hydrogens is 551 g/mol. The predicted molar refractivity (Wildman–Crippen MR) is 149 cm³/mol. The summed E-state index contributed by atoms with van der Waals surface area (Å²) in [5.74, 6) is -0.425. The standard InChI is InChI=1S/C26H26Cl2N4O5S/c1-18(20-6-4-3-5-7-20)30-26(34)17-37-22-11-8-19(9-12-22)15-29-31-25(33)16-32(38(2,35)36)21-10-13-23(27)24(28)14-21/h3-15,18H,16-17H2,1-2H3,(H,30,34)(H,31,33)/b29-15-/t18-/m0/s1. The predicted octanol–water partition coefficient (Wildman–Crippen LogP) is 4.17. The van der Waals surface area contributed by atoms with Crippen molar-refractivity contribution in [3.63, 3.8) is 0 Å². The van der Waals surface area contributed by atoms with Gasteiger partial charge in [0.05, 0.1) is 34.2 Å². The van der Waals surface area contributed by atoms with Crippen molar-refractivity contribution in [2.24, 2.45) is 5.10 Å². The number of amides is 2. The number of benzene rings is 3. The number of ether oxygens (including phenoxy) is 1. The first-order chi connectivity index (χ1) is 18.0. The maximum atomic E-state index is 12.3. The van der Waals surface area contributed by atoms with Crippen molar-refractivity contribution in [3.8, 4) is 5.75 Å². The van der Waals surface area contributed by atoms with Gasteiger partial charge < -0.3 is 10.1 Å². The van der Waals surface area contributed by atoms with E-state index >= 15 is 0 Å². The molecule has 2 N–H and O–H groups in total. The van der Waals surface area contributed by atoms with Crippen molar-refractivity contribution < 1.29 is 22.7 Å². The smallest absolute Gasteiger partial charge is 0.260 e. The largest absolute Gasteiger partial charge is 0.484 e. The lowest BCUT2D eigenvalue weighted by atomic mass is 10.1. The van der Waals surface area contributed by atoms with Gasteiger partial charge in [0.15, 0.2) is 6.61 Å². The van der Waals surface area contributed by atoms with Crippen molar-refractivity contribution in [2.45, 2.75) is 13.0 Å². The van der Waals surface area contributed by atoms with E-state index in [1.54, 1.807) is 24.3 Å². The number of hydrazone groups is 1. The Morgan fingerprint density at radius 1 is 1.00 bits per heavy atom. The van der Waals surface area contributed by atoms with Crippen LogP contribution in [0, 0.1) is 0 Å². The zero-order valence-corrected chi connectivity index (χ0v) is 22.9. The van der Waals surface area contributed by atoms with Crippen LogP contribution in [0.2, 0.25) is 10.0 Å². The number of hydrogen-bond donors (Lipinski definition) is 2. The van der Waals surface area contributed by atoms with Gasteiger partial charge in [0.1, 0.15) is 12.3 Å². The number of rotatable bonds is 11. The van der Waals surface area contributed by atoms with Crippen molar-refractivity contribution in [2.75, 3.05) is 23.7 Å². The van der Waals surface area contributed by atoms with Crippen molar-refractivity contribution in [1.82, 2.24) is 10.7 Å². The minimum absolute atomic E-state index is 0.143. The highest BCUT2D eigenvalue weighted by atomic mass is 35.5. The topological polar surface area (TPSA) is 117 Å². The van der Waals surface area contributed by atoms with E-state index in [1.165, 1.54) is 24.4 Å². The second-order valence-corrected chi connectivity index (χ2v) is 10.9. The molecule has 2 amide bonds. The van der Waals surface area contributed by atoms with E-state index < -0.39 is 22.5 Å². The minimum atomic E-state index is -3.78. The minimum Gasteiger partial charge on any atom is -0.484 e. The van der Waals surface area contributed by atoms with Gasteiger partial charge in [0.25, 0.3) is 11.8 Å². The molecule has 0 heterocycles. The summed E-state index contributed by atoms with van der Waals surface area (Å²) in [6.07, 6.45) is 2.36. The van der Waals surface area contributed by atoms with E-state index in [0.29, 0.717) is 11.3 Å². The van der Waals surface area contributed by atoms with Crippen LogP contribution in [0.3, 0.4) is 0 Å². The second kappa shape index (κ2) is 13.3. The fourth-order valence-electron chi connectivity index (χ4n) is 3.29. The van der Waals surface area contributed by atoms with E-state index in [2.05, 4.69) is 15.8 Å². The van der Waals surface area contributed by atoms with Crippen molar-refractivity contribution >= 4 is 56.9 Å². The first-order valence-corrected chi connectivity index (χ1v) is 13.9. The molecule has 0 aliphatic rings. The molecule has 0 unspecified atom stereocenters. The van der Waals surface area contributed by atoms with Crippen LogP contribution in [0.5, 0.6) is 5.75 Å². The quantitative estimate of drug-likeness (QED) is 0.262. The second-order valence-electron chi connectivity index (χ2n) is 8.22. The fourth-order valence-corrected chi connectivity index (χ4v) is 4.43. The summed E-state index contributed by atoms with van der Waals surface area (Å²) in [6.45, 7) is 1.24. The van der Waals surface area contributed by atoms with E-state index in [-0.39, 0.29) is 34.3 Å². The zero-order chi connectivity index (χ0) is 27.7. The SMILES string of the molecule is C[C@H](NC(=O)COc1ccc(/C=N\NC(=O)CN(c2ccc(Cl)c(Cl)c2)S(C)(=O)=O)cc1)c1ccccc1. The molecule has 3 aromatic carbocycles. The first kappa shape index (κ1) is 29.0. The van der Waals surface area contributed by atoms with Crippen LogP contribution < -0.4 is 19.8 Å². The highest BCUT2D eigenvalue weighted by Crippen LogP contribution is 2.28. The van der Waals surface area contributed by atoms with E-state index in [9.17, 15) is 18.0 Å². The van der Waals surface area contributed by atoms with Crippen LogP contribution >= 0.6 is 23.2 Å². The molecule has 0 aliphatic carbocycles. The number of carbonyl (C=O) groups excluding carboxylic acids is 2. The molecule has 1 atom stereocenters. The highest BCUT2D eigenvalue weighted by molar-refractivity contribution is 7.92. The maximum absolute atomic E-state index is 12.3. The van der Waals surface area contributed by atoms with Crippen molar-refractivity contribution in [1.29, 1.82) is 0 Å². The summed E-state index contributed by atoms with van der Waals surface area (Å²) in [4.78, 5) is 24.5. The molecule has 0 saturated heterocycles. The average molecular weight is 577 g/mol. The molecule has 200 valence electrons. The number of nitrogens with one attached hydrogen (secondary N) is 2. The van der Waals surface area contributed by atoms with Gasteiger partial charge in [0.2, 0.25) is 10.0 Å². The van der Waals surface area contributed by atoms with Crippen LogP contribution in [0.15, 0.2) is 77.9 Å². The summed E-state index contributed by atoms with van der Waals surface area (Å²) in [5.41, 5.74) is 4.13. The molecule has 0 aromatic heterocycles. The Morgan fingerprint density at radius 3 is 2.32 bits per heavy atom. The summed E-state index contributed by atoms with van der Waals surface area (Å²) in [6, 6.07) is 20.4. The van der Waals surface area contributed by atoms with Crippen LogP contribution in [-0.4, -0.2) is 45.9 Å². The van der Waals surface area contributed by atoms with Gasteiger partial charge in [-0.15, -0.1) is 0 Å². The summed E-state index contributed by atoms with van der Waals surface area (Å²) < 4.78 is 30.8. The van der Waals surface area contributed by atoms with Gasteiger partial charge in [-0.25, -0.2) is 13.8 Å². The van der Waals surface area contributed by atoms with Crippen LogP contribution in [-0.2, 0) is 19.6 Å². The molecule has 0 bridgehead atoms. The molecular formula is C26H26Cl2N4O5S. The Labute approximate surface area is 231 Å². The average Bonchev–Trinajstić information content (AvgIpc) is 2.88. The van der Waals surface area contributed by atoms with Gasteiger partial charge in [-0.05, 0) is 60.5 Å². The van der Waals surface area contributed by atoms with Crippen LogP contribution in [0.1, 0.15) is 24.1 Å².